The molecule has 1 aromatic heterocycles. The van der Waals surface area contributed by atoms with Gasteiger partial charge >= 0.3 is 0 Å². The van der Waals surface area contributed by atoms with Gasteiger partial charge in [0.25, 0.3) is 0 Å². The summed E-state index contributed by atoms with van der Waals surface area (Å²) in [6, 6.07) is 3.02. The number of nitrogens with one attached hydrogen (secondary N) is 2. The Balaban J connectivity index is 2.32. The van der Waals surface area contributed by atoms with Crippen molar-refractivity contribution in [2.75, 3.05) is 13.1 Å². The van der Waals surface area contributed by atoms with Gasteiger partial charge in [0.2, 0.25) is 5.91 Å². The maximum atomic E-state index is 12.7. The zero-order valence-corrected chi connectivity index (χ0v) is 10.2. The standard InChI is InChI=1S/C12H18FN3O/c1-3-14-12(17)6-7-15-9(2)11-5-4-10(13)8-16-11/h4-5,8-9,15H,3,6-7H2,1-2H3,(H,14,17). The molecule has 0 saturated heterocycles. The predicted octanol–water partition coefficient (Wildman–Crippen LogP) is 1.40. The highest BCUT2D eigenvalue weighted by Crippen LogP contribution is 2.08. The number of carbonyl (C=O) groups is 1. The van der Waals surface area contributed by atoms with Gasteiger partial charge in [-0.2, -0.15) is 0 Å². The monoisotopic (exact) mass is 239 g/mol. The van der Waals surface area contributed by atoms with E-state index in [2.05, 4.69) is 15.6 Å². The maximum Gasteiger partial charge on any atom is 0.221 e. The Morgan fingerprint density at radius 2 is 2.29 bits per heavy atom. The second-order valence-electron chi connectivity index (χ2n) is 3.78. The minimum Gasteiger partial charge on any atom is -0.356 e. The number of nitrogens with zero attached hydrogens (tertiary/aromatic N) is 1. The molecule has 1 heterocycles. The fourth-order valence-electron chi connectivity index (χ4n) is 1.44. The van der Waals surface area contributed by atoms with Crippen LogP contribution in [0.25, 0.3) is 0 Å². The summed E-state index contributed by atoms with van der Waals surface area (Å²) in [4.78, 5) is 15.2. The number of rotatable bonds is 6. The van der Waals surface area contributed by atoms with Gasteiger partial charge in [-0.1, -0.05) is 0 Å². The second-order valence-corrected chi connectivity index (χ2v) is 3.78. The summed E-state index contributed by atoms with van der Waals surface area (Å²) < 4.78 is 12.7. The Morgan fingerprint density at radius 3 is 2.88 bits per heavy atom. The van der Waals surface area contributed by atoms with E-state index in [4.69, 9.17) is 0 Å². The van der Waals surface area contributed by atoms with Gasteiger partial charge in [-0.05, 0) is 26.0 Å². The Bertz CT molecular complexity index is 353. The molecule has 1 unspecified atom stereocenters. The largest absolute Gasteiger partial charge is 0.356 e. The highest BCUT2D eigenvalue weighted by atomic mass is 19.1. The topological polar surface area (TPSA) is 54.0 Å². The Labute approximate surface area is 101 Å². The van der Waals surface area contributed by atoms with Gasteiger partial charge in [-0.25, -0.2) is 4.39 Å². The van der Waals surface area contributed by atoms with Gasteiger partial charge in [0.1, 0.15) is 5.82 Å². The van der Waals surface area contributed by atoms with Crippen molar-refractivity contribution in [2.45, 2.75) is 26.3 Å². The van der Waals surface area contributed by atoms with Crippen LogP contribution >= 0.6 is 0 Å². The number of halogens is 1. The molecule has 94 valence electrons. The quantitative estimate of drug-likeness (QED) is 0.789. The molecule has 0 bridgehead atoms. The minimum absolute atomic E-state index is 0.00465. The van der Waals surface area contributed by atoms with Crippen LogP contribution in [-0.4, -0.2) is 24.0 Å². The average Bonchev–Trinajstić information content (AvgIpc) is 2.30. The number of hydrogen-bond acceptors (Lipinski definition) is 3. The lowest BCUT2D eigenvalue weighted by atomic mass is 10.2. The maximum absolute atomic E-state index is 12.7. The molecule has 0 spiro atoms. The predicted molar refractivity (Wildman–Crippen MR) is 63.9 cm³/mol. The molecule has 17 heavy (non-hydrogen) atoms. The van der Waals surface area contributed by atoms with Gasteiger partial charge in [0.15, 0.2) is 0 Å². The van der Waals surface area contributed by atoms with Crippen LogP contribution in [0.15, 0.2) is 18.3 Å². The molecule has 1 rings (SSSR count). The molecular formula is C12H18FN3O. The highest BCUT2D eigenvalue weighted by molar-refractivity contribution is 5.75. The fourth-order valence-corrected chi connectivity index (χ4v) is 1.44. The third-order valence-corrected chi connectivity index (χ3v) is 2.37. The molecule has 5 heteroatoms. The third-order valence-electron chi connectivity index (χ3n) is 2.37. The fraction of sp³-hybridized carbons (Fsp3) is 0.500. The van der Waals surface area contributed by atoms with Crippen LogP contribution in [0.4, 0.5) is 4.39 Å². The van der Waals surface area contributed by atoms with Crippen LogP contribution in [0, 0.1) is 5.82 Å². The van der Waals surface area contributed by atoms with E-state index in [0.29, 0.717) is 19.5 Å². The SMILES string of the molecule is CCNC(=O)CCNC(C)c1ccc(F)cn1. The van der Waals surface area contributed by atoms with E-state index in [1.165, 1.54) is 12.3 Å². The molecule has 0 fully saturated rings. The average molecular weight is 239 g/mol. The molecular weight excluding hydrogens is 221 g/mol. The van der Waals surface area contributed by atoms with E-state index in [0.717, 1.165) is 5.69 Å². The summed E-state index contributed by atoms with van der Waals surface area (Å²) in [7, 11) is 0. The van der Waals surface area contributed by atoms with E-state index in [9.17, 15) is 9.18 Å². The lowest BCUT2D eigenvalue weighted by Crippen LogP contribution is -2.28. The van der Waals surface area contributed by atoms with E-state index < -0.39 is 0 Å². The summed E-state index contributed by atoms with van der Waals surface area (Å²) >= 11 is 0. The minimum atomic E-state index is -0.344. The Hall–Kier alpha value is -1.49. The van der Waals surface area contributed by atoms with Crippen LogP contribution < -0.4 is 10.6 Å². The summed E-state index contributed by atoms with van der Waals surface area (Å²) in [6.07, 6.45) is 1.62. The smallest absolute Gasteiger partial charge is 0.221 e. The Morgan fingerprint density at radius 1 is 1.53 bits per heavy atom. The molecule has 1 amide bonds. The summed E-state index contributed by atoms with van der Waals surface area (Å²) in [6.45, 7) is 5.04. The molecule has 0 aliphatic carbocycles. The van der Waals surface area contributed by atoms with E-state index >= 15 is 0 Å². The molecule has 0 radical (unpaired) electrons. The van der Waals surface area contributed by atoms with Crippen LogP contribution in [0.2, 0.25) is 0 Å². The second kappa shape index (κ2) is 6.96. The van der Waals surface area contributed by atoms with Crippen molar-refractivity contribution in [3.8, 4) is 0 Å². The summed E-state index contributed by atoms with van der Waals surface area (Å²) in [5.41, 5.74) is 0.766. The van der Waals surface area contributed by atoms with Crippen LogP contribution in [0.1, 0.15) is 32.0 Å². The molecule has 1 aromatic rings. The molecule has 0 aliphatic rings. The van der Waals surface area contributed by atoms with Crippen molar-refractivity contribution < 1.29 is 9.18 Å². The van der Waals surface area contributed by atoms with Crippen LogP contribution in [0.5, 0.6) is 0 Å². The van der Waals surface area contributed by atoms with Crippen molar-refractivity contribution in [1.29, 1.82) is 0 Å². The lowest BCUT2D eigenvalue weighted by molar-refractivity contribution is -0.120. The molecule has 0 aliphatic heterocycles. The lowest BCUT2D eigenvalue weighted by Gasteiger charge is -2.12. The van der Waals surface area contributed by atoms with E-state index in [-0.39, 0.29) is 17.8 Å². The number of amides is 1. The number of pyridine rings is 1. The number of hydrogen-bond donors (Lipinski definition) is 2. The summed E-state index contributed by atoms with van der Waals surface area (Å²) in [5.74, 6) is -0.317. The first-order valence-corrected chi connectivity index (χ1v) is 5.75. The van der Waals surface area contributed by atoms with Crippen LogP contribution in [-0.2, 0) is 4.79 Å². The van der Waals surface area contributed by atoms with Gasteiger partial charge in [0.05, 0.1) is 11.9 Å². The number of carbonyl (C=O) groups excluding carboxylic acids is 1. The first-order valence-electron chi connectivity index (χ1n) is 5.75. The molecule has 0 aromatic carbocycles. The first-order chi connectivity index (χ1) is 8.13. The van der Waals surface area contributed by atoms with Crippen molar-refractivity contribution >= 4 is 5.91 Å². The van der Waals surface area contributed by atoms with Gasteiger partial charge in [-0.3, -0.25) is 9.78 Å². The van der Waals surface area contributed by atoms with Gasteiger partial charge < -0.3 is 10.6 Å². The first kappa shape index (κ1) is 13.6. The van der Waals surface area contributed by atoms with Crippen molar-refractivity contribution in [3.63, 3.8) is 0 Å². The zero-order valence-electron chi connectivity index (χ0n) is 10.2. The third kappa shape index (κ3) is 4.91. The summed E-state index contributed by atoms with van der Waals surface area (Å²) in [5, 5.41) is 5.88. The molecule has 1 atom stereocenters. The van der Waals surface area contributed by atoms with Crippen molar-refractivity contribution in [3.05, 3.63) is 29.8 Å². The molecule has 0 saturated carbocycles. The zero-order chi connectivity index (χ0) is 12.7. The van der Waals surface area contributed by atoms with Crippen LogP contribution in [0.3, 0.4) is 0 Å². The highest BCUT2D eigenvalue weighted by Gasteiger charge is 2.07. The van der Waals surface area contributed by atoms with Crippen molar-refractivity contribution in [2.24, 2.45) is 0 Å². The molecule has 2 N–H and O–H groups in total. The Kier molecular flexibility index (Phi) is 5.56. The van der Waals surface area contributed by atoms with E-state index in [1.807, 2.05) is 13.8 Å². The van der Waals surface area contributed by atoms with E-state index in [1.54, 1.807) is 6.07 Å². The van der Waals surface area contributed by atoms with Gasteiger partial charge in [-0.15, -0.1) is 0 Å². The normalized spacial score (nSPS) is 12.2. The molecule has 4 nitrogen and oxygen atoms in total. The van der Waals surface area contributed by atoms with Crippen molar-refractivity contribution in [1.82, 2.24) is 15.6 Å². The number of aromatic nitrogens is 1. The van der Waals surface area contributed by atoms with Gasteiger partial charge in [0, 0.05) is 25.6 Å².